The number of hydrogen-bond acceptors (Lipinski definition) is 4. The summed E-state index contributed by atoms with van der Waals surface area (Å²) in [5.41, 5.74) is 12.8. The van der Waals surface area contributed by atoms with Crippen LogP contribution in [-0.2, 0) is 6.42 Å². The molecule has 276 valence electrons. The Bertz CT molecular complexity index is 3460. The van der Waals surface area contributed by atoms with Crippen LogP contribution in [0.4, 0.5) is 34.1 Å². The molecule has 2 heterocycles. The molecule has 0 radical (unpaired) electrons. The van der Waals surface area contributed by atoms with E-state index in [-0.39, 0.29) is 0 Å². The van der Waals surface area contributed by atoms with Crippen molar-refractivity contribution in [2.45, 2.75) is 26.7 Å². The Hall–Kier alpha value is -7.30. The van der Waals surface area contributed by atoms with E-state index in [4.69, 9.17) is 8.83 Å². The molecule has 0 bridgehead atoms. The van der Waals surface area contributed by atoms with Gasteiger partial charge < -0.3 is 18.6 Å². The van der Waals surface area contributed by atoms with E-state index >= 15 is 0 Å². The van der Waals surface area contributed by atoms with Crippen LogP contribution in [0.1, 0.15) is 28.9 Å². The van der Waals surface area contributed by atoms with Crippen LogP contribution in [-0.4, -0.2) is 0 Å². The third-order valence-corrected chi connectivity index (χ3v) is 12.1. The second-order valence-electron chi connectivity index (χ2n) is 15.7. The Morgan fingerprint density at radius 3 is 1.64 bits per heavy atom. The lowest BCUT2D eigenvalue weighted by molar-refractivity contribution is 0.596. The zero-order valence-electron chi connectivity index (χ0n) is 32.3. The van der Waals surface area contributed by atoms with E-state index in [1.807, 2.05) is 6.07 Å². The van der Waals surface area contributed by atoms with Gasteiger partial charge in [0.05, 0.1) is 22.7 Å². The van der Waals surface area contributed by atoms with Gasteiger partial charge in [0.2, 0.25) is 0 Å². The van der Waals surface area contributed by atoms with E-state index < -0.39 is 0 Å². The van der Waals surface area contributed by atoms with Gasteiger partial charge >= 0.3 is 0 Å². The molecule has 4 heteroatoms. The van der Waals surface area contributed by atoms with Crippen molar-refractivity contribution in [3.8, 4) is 0 Å². The van der Waals surface area contributed by atoms with Gasteiger partial charge in [-0.1, -0.05) is 109 Å². The second kappa shape index (κ2) is 12.6. The van der Waals surface area contributed by atoms with Gasteiger partial charge in [-0.2, -0.15) is 0 Å². The summed E-state index contributed by atoms with van der Waals surface area (Å²) >= 11 is 0. The molecule has 2 aromatic heterocycles. The number of aryl methyl sites for hydroxylation is 3. The fourth-order valence-corrected chi connectivity index (χ4v) is 9.58. The first-order valence-corrected chi connectivity index (χ1v) is 20.1. The van der Waals surface area contributed by atoms with Crippen LogP contribution >= 0.6 is 0 Å². The van der Waals surface area contributed by atoms with Crippen molar-refractivity contribution in [3.63, 3.8) is 0 Å². The summed E-state index contributed by atoms with van der Waals surface area (Å²) in [6.07, 6.45) is 6.37. The van der Waals surface area contributed by atoms with Gasteiger partial charge in [0.1, 0.15) is 11.3 Å². The molecule has 1 aliphatic carbocycles. The van der Waals surface area contributed by atoms with Crippen LogP contribution in [0, 0.1) is 13.8 Å². The Labute approximate surface area is 335 Å². The molecule has 0 amide bonds. The number of allylic oxidation sites excluding steroid dienone is 1. The van der Waals surface area contributed by atoms with Crippen LogP contribution < -0.4 is 9.80 Å². The van der Waals surface area contributed by atoms with Crippen molar-refractivity contribution < 1.29 is 8.83 Å². The fraction of sp³-hybridized carbons (Fsp3) is 0.0741. The predicted octanol–water partition coefficient (Wildman–Crippen LogP) is 15.7. The number of fused-ring (bicyclic) bond motifs is 6. The van der Waals surface area contributed by atoms with Gasteiger partial charge in [-0.25, -0.2) is 0 Å². The molecule has 0 spiro atoms. The minimum Gasteiger partial charge on any atom is -0.454 e. The van der Waals surface area contributed by atoms with E-state index in [2.05, 4.69) is 187 Å². The van der Waals surface area contributed by atoms with Crippen molar-refractivity contribution in [3.05, 3.63) is 186 Å². The number of benzene rings is 9. The Balaban J connectivity index is 1.13. The number of hydrogen-bond donors (Lipinski definition) is 0. The molecule has 12 rings (SSSR count). The van der Waals surface area contributed by atoms with Crippen LogP contribution in [0.15, 0.2) is 173 Å². The molecule has 11 aromatic rings. The molecular formula is C54H38N2O2. The Kier molecular flexibility index (Phi) is 7.15. The maximum absolute atomic E-state index is 6.74. The highest BCUT2D eigenvalue weighted by atomic mass is 16.3. The van der Waals surface area contributed by atoms with E-state index in [0.29, 0.717) is 0 Å². The average Bonchev–Trinajstić information content (AvgIpc) is 3.84. The van der Waals surface area contributed by atoms with Crippen LogP contribution in [0.3, 0.4) is 0 Å². The fourth-order valence-electron chi connectivity index (χ4n) is 9.58. The zero-order chi connectivity index (χ0) is 38.5. The van der Waals surface area contributed by atoms with Gasteiger partial charge in [0, 0.05) is 43.9 Å². The summed E-state index contributed by atoms with van der Waals surface area (Å²) in [6, 6.07) is 57.3. The van der Waals surface area contributed by atoms with E-state index in [9.17, 15) is 0 Å². The number of para-hydroxylation sites is 3. The molecular weight excluding hydrogens is 709 g/mol. The van der Waals surface area contributed by atoms with Crippen molar-refractivity contribution >= 4 is 105 Å². The highest BCUT2D eigenvalue weighted by Gasteiger charge is 2.26. The molecule has 0 N–H and O–H groups in total. The summed E-state index contributed by atoms with van der Waals surface area (Å²) in [5.74, 6) is 0.970. The number of furan rings is 2. The Morgan fingerprint density at radius 2 is 1.00 bits per heavy atom. The third kappa shape index (κ3) is 4.88. The maximum Gasteiger partial charge on any atom is 0.159 e. The van der Waals surface area contributed by atoms with Crippen molar-refractivity contribution in [1.29, 1.82) is 0 Å². The largest absolute Gasteiger partial charge is 0.454 e. The number of anilines is 6. The van der Waals surface area contributed by atoms with Gasteiger partial charge in [-0.05, 0) is 120 Å². The molecule has 4 nitrogen and oxygen atoms in total. The quantitative estimate of drug-likeness (QED) is 0.159. The zero-order valence-corrected chi connectivity index (χ0v) is 32.3. The minimum absolute atomic E-state index is 0.872. The highest BCUT2D eigenvalue weighted by molar-refractivity contribution is 6.28. The van der Waals surface area contributed by atoms with Crippen LogP contribution in [0.5, 0.6) is 0 Å². The van der Waals surface area contributed by atoms with Crippen LogP contribution in [0.2, 0.25) is 0 Å². The van der Waals surface area contributed by atoms with E-state index in [0.717, 1.165) is 80.2 Å². The molecule has 9 aromatic carbocycles. The number of nitrogens with zero attached hydrogens (tertiary/aromatic N) is 2. The van der Waals surface area contributed by atoms with Crippen molar-refractivity contribution in [2.75, 3.05) is 9.80 Å². The van der Waals surface area contributed by atoms with E-state index in [1.165, 1.54) is 54.4 Å². The molecule has 0 fully saturated rings. The summed E-state index contributed by atoms with van der Waals surface area (Å²) in [7, 11) is 0. The lowest BCUT2D eigenvalue weighted by Gasteiger charge is -2.29. The lowest BCUT2D eigenvalue weighted by atomic mass is 9.91. The minimum atomic E-state index is 0.872. The van der Waals surface area contributed by atoms with Crippen molar-refractivity contribution in [1.82, 2.24) is 0 Å². The monoisotopic (exact) mass is 746 g/mol. The molecule has 0 unspecified atom stereocenters. The predicted molar refractivity (Wildman–Crippen MR) is 243 cm³/mol. The second-order valence-corrected chi connectivity index (χ2v) is 15.7. The number of rotatable bonds is 6. The molecule has 0 saturated heterocycles. The molecule has 1 aliphatic rings. The third-order valence-electron chi connectivity index (χ3n) is 12.1. The SMILES string of the molecule is Cc1cccc(N(c2ccc3ccc4c(N(c5cccc(C)c5)c5cccc6c5oc5ccccc56)ccc5ccc2c3c54)c2cccc3c4c(oc23)C=CCC4)c1. The topological polar surface area (TPSA) is 32.8 Å². The smallest absolute Gasteiger partial charge is 0.159 e. The van der Waals surface area contributed by atoms with Gasteiger partial charge in [-0.15, -0.1) is 0 Å². The van der Waals surface area contributed by atoms with Crippen molar-refractivity contribution in [2.24, 2.45) is 0 Å². The molecule has 0 saturated carbocycles. The molecule has 0 atom stereocenters. The lowest BCUT2D eigenvalue weighted by Crippen LogP contribution is -2.12. The summed E-state index contributed by atoms with van der Waals surface area (Å²) in [6.45, 7) is 4.32. The standard InChI is InChI=1S/C54H38N2O2/c1-33-11-7-13-37(31-33)55(47-19-9-17-41-39-15-3-5-21-49(39)57-53(41)47)45-29-25-35-24-28-44-46(30-26-36-23-27-43(45)51(35)52(36)44)56(38-14-8-12-34(2)32-38)48-20-10-18-42-40-16-4-6-22-50(40)58-54(42)48/h3,5-15,17-32H,4,16H2,1-2H3. The Morgan fingerprint density at radius 1 is 0.448 bits per heavy atom. The first kappa shape index (κ1) is 32.9. The first-order valence-electron chi connectivity index (χ1n) is 20.1. The van der Waals surface area contributed by atoms with Gasteiger partial charge in [0.25, 0.3) is 0 Å². The first-order chi connectivity index (χ1) is 28.6. The summed E-state index contributed by atoms with van der Waals surface area (Å²) in [4.78, 5) is 4.79. The van der Waals surface area contributed by atoms with Gasteiger partial charge in [0.15, 0.2) is 11.2 Å². The maximum atomic E-state index is 6.74. The van der Waals surface area contributed by atoms with E-state index in [1.54, 1.807) is 0 Å². The average molecular weight is 747 g/mol. The molecule has 0 aliphatic heterocycles. The summed E-state index contributed by atoms with van der Waals surface area (Å²) < 4.78 is 13.4. The summed E-state index contributed by atoms with van der Waals surface area (Å²) in [5, 5.41) is 10.7. The highest BCUT2D eigenvalue weighted by Crippen LogP contribution is 2.50. The van der Waals surface area contributed by atoms with Crippen LogP contribution in [0.25, 0.3) is 71.3 Å². The normalized spacial score (nSPS) is 12.8. The van der Waals surface area contributed by atoms with Gasteiger partial charge in [-0.3, -0.25) is 0 Å². The molecule has 58 heavy (non-hydrogen) atoms.